The smallest absolute Gasteiger partial charge is 0.356 e. The summed E-state index contributed by atoms with van der Waals surface area (Å²) in [7, 11) is 1.57. The van der Waals surface area contributed by atoms with Crippen molar-refractivity contribution in [1.82, 2.24) is 10.6 Å². The van der Waals surface area contributed by atoms with Crippen LogP contribution in [0.15, 0.2) is 4.99 Å². The number of hydrogen-bond acceptors (Lipinski definition) is 1. The van der Waals surface area contributed by atoms with Gasteiger partial charge < -0.3 is 10.6 Å². The van der Waals surface area contributed by atoms with Gasteiger partial charge in [0.15, 0.2) is 5.96 Å². The van der Waals surface area contributed by atoms with Crippen LogP contribution in [0.5, 0.6) is 0 Å². The van der Waals surface area contributed by atoms with Crippen molar-refractivity contribution < 1.29 is 13.2 Å². The summed E-state index contributed by atoms with van der Waals surface area (Å²) in [5.74, 6) is 1.30. The molecule has 0 amide bonds. The van der Waals surface area contributed by atoms with E-state index in [0.29, 0.717) is 5.96 Å². The summed E-state index contributed by atoms with van der Waals surface area (Å²) in [5, 5.41) is 5.75. The lowest BCUT2D eigenvalue weighted by Crippen LogP contribution is -2.39. The summed E-state index contributed by atoms with van der Waals surface area (Å²) in [6, 6.07) is 0. The zero-order valence-corrected chi connectivity index (χ0v) is 15.0. The van der Waals surface area contributed by atoms with Crippen LogP contribution in [0.4, 0.5) is 13.2 Å². The zero-order valence-electron chi connectivity index (χ0n) is 12.6. The minimum Gasteiger partial charge on any atom is -0.356 e. The number of halogens is 4. The Hall–Kier alpha value is -0.210. The Labute approximate surface area is 142 Å². The molecule has 1 rings (SSSR count). The first kappa shape index (κ1) is 20.8. The number of hydrogen-bond donors (Lipinski definition) is 2. The third-order valence-electron chi connectivity index (χ3n) is 3.73. The fourth-order valence-corrected chi connectivity index (χ4v) is 2.62. The fraction of sp³-hybridized carbons (Fsp3) is 0.929. The predicted molar refractivity (Wildman–Crippen MR) is 91.3 cm³/mol. The molecule has 2 N–H and O–H groups in total. The maximum atomic E-state index is 12.0. The molecule has 0 unspecified atom stereocenters. The van der Waals surface area contributed by atoms with Crippen LogP contribution >= 0.6 is 24.0 Å². The summed E-state index contributed by atoms with van der Waals surface area (Å²) >= 11 is 0. The summed E-state index contributed by atoms with van der Waals surface area (Å²) < 4.78 is 36.1. The average Bonchev–Trinajstić information content (AvgIpc) is 2.41. The molecule has 0 saturated heterocycles. The summed E-state index contributed by atoms with van der Waals surface area (Å²) in [4.78, 5) is 3.92. The largest absolute Gasteiger partial charge is 0.390 e. The van der Waals surface area contributed by atoms with Crippen molar-refractivity contribution in [3.8, 4) is 0 Å². The van der Waals surface area contributed by atoms with E-state index < -0.39 is 12.6 Å². The quantitative estimate of drug-likeness (QED) is 0.294. The molecule has 0 heterocycles. The van der Waals surface area contributed by atoms with E-state index in [-0.39, 0.29) is 30.5 Å². The van der Waals surface area contributed by atoms with Gasteiger partial charge >= 0.3 is 6.18 Å². The molecule has 126 valence electrons. The highest BCUT2D eigenvalue weighted by molar-refractivity contribution is 14.0. The molecule has 21 heavy (non-hydrogen) atoms. The van der Waals surface area contributed by atoms with Crippen LogP contribution in [0.1, 0.15) is 51.4 Å². The zero-order chi connectivity index (χ0) is 14.8. The second kappa shape index (κ2) is 11.4. The number of rotatable bonds is 6. The topological polar surface area (TPSA) is 36.4 Å². The van der Waals surface area contributed by atoms with E-state index in [1.54, 1.807) is 7.05 Å². The number of alkyl halides is 3. The molecule has 0 spiro atoms. The molecule has 0 bridgehead atoms. The number of guanidine groups is 1. The van der Waals surface area contributed by atoms with E-state index in [9.17, 15) is 13.2 Å². The maximum Gasteiger partial charge on any atom is 0.390 e. The molecule has 1 aliphatic rings. The lowest BCUT2D eigenvalue weighted by Gasteiger charge is -2.21. The maximum absolute atomic E-state index is 12.0. The summed E-state index contributed by atoms with van der Waals surface area (Å²) in [6.45, 7) is 0.633. The van der Waals surface area contributed by atoms with E-state index in [0.717, 1.165) is 18.9 Å². The highest BCUT2D eigenvalue weighted by Gasteiger charge is 2.26. The van der Waals surface area contributed by atoms with Gasteiger partial charge in [0, 0.05) is 20.1 Å². The lowest BCUT2D eigenvalue weighted by atomic mass is 9.86. The average molecular weight is 421 g/mol. The molecule has 0 aromatic heterocycles. The van der Waals surface area contributed by atoms with Gasteiger partial charge in [0.2, 0.25) is 0 Å². The van der Waals surface area contributed by atoms with Crippen LogP contribution in [0.25, 0.3) is 0 Å². The van der Waals surface area contributed by atoms with E-state index in [1.807, 2.05) is 0 Å². The van der Waals surface area contributed by atoms with Gasteiger partial charge in [0.1, 0.15) is 0 Å². The summed E-state index contributed by atoms with van der Waals surface area (Å²) in [6.07, 6.45) is 4.01. The number of aliphatic imine (C=N–C) groups is 1. The van der Waals surface area contributed by atoms with Gasteiger partial charge in [-0.1, -0.05) is 32.1 Å². The molecule has 7 heteroatoms. The van der Waals surface area contributed by atoms with E-state index in [4.69, 9.17) is 0 Å². The van der Waals surface area contributed by atoms with E-state index in [1.165, 1.54) is 38.5 Å². The Kier molecular flexibility index (Phi) is 11.3. The van der Waals surface area contributed by atoms with Crippen molar-refractivity contribution in [2.24, 2.45) is 10.9 Å². The lowest BCUT2D eigenvalue weighted by molar-refractivity contribution is -0.132. The molecule has 1 saturated carbocycles. The Morgan fingerprint density at radius 2 is 1.71 bits per heavy atom. The number of nitrogens with one attached hydrogen (secondary N) is 2. The van der Waals surface area contributed by atoms with Gasteiger partial charge in [-0.3, -0.25) is 4.99 Å². The highest BCUT2D eigenvalue weighted by Crippen LogP contribution is 2.26. The highest BCUT2D eigenvalue weighted by atomic mass is 127. The Morgan fingerprint density at radius 1 is 1.10 bits per heavy atom. The third kappa shape index (κ3) is 11.1. The standard InChI is InChI=1S/C14H26F3N3.HI/c1-18-13(20-11-9-14(15,16)17)19-10-5-8-12-6-3-2-4-7-12;/h12H,2-11H2,1H3,(H2,18,19,20);1H. The summed E-state index contributed by atoms with van der Waals surface area (Å²) in [5.41, 5.74) is 0. The first-order chi connectivity index (χ1) is 9.51. The van der Waals surface area contributed by atoms with Crippen molar-refractivity contribution in [3.05, 3.63) is 0 Å². The Morgan fingerprint density at radius 3 is 2.29 bits per heavy atom. The second-order valence-electron chi connectivity index (χ2n) is 5.44. The molecule has 0 radical (unpaired) electrons. The van der Waals surface area contributed by atoms with Crippen molar-refractivity contribution >= 4 is 29.9 Å². The normalized spacial score (nSPS) is 17.2. The van der Waals surface area contributed by atoms with Crippen LogP contribution in [0.2, 0.25) is 0 Å². The molecular weight excluding hydrogens is 394 g/mol. The molecule has 0 aromatic rings. The van der Waals surface area contributed by atoms with Gasteiger partial charge in [-0.15, -0.1) is 24.0 Å². The minimum absolute atomic E-state index is 0. The van der Waals surface area contributed by atoms with Crippen LogP contribution in [-0.2, 0) is 0 Å². The van der Waals surface area contributed by atoms with Crippen molar-refractivity contribution in [3.63, 3.8) is 0 Å². The van der Waals surface area contributed by atoms with E-state index >= 15 is 0 Å². The van der Waals surface area contributed by atoms with Crippen LogP contribution < -0.4 is 10.6 Å². The molecule has 0 atom stereocenters. The fourth-order valence-electron chi connectivity index (χ4n) is 2.62. The molecule has 1 fully saturated rings. The second-order valence-corrected chi connectivity index (χ2v) is 5.44. The predicted octanol–water partition coefficient (Wildman–Crippen LogP) is 4.08. The van der Waals surface area contributed by atoms with Crippen LogP contribution in [0, 0.1) is 5.92 Å². The van der Waals surface area contributed by atoms with E-state index in [2.05, 4.69) is 15.6 Å². The first-order valence-electron chi connectivity index (χ1n) is 7.52. The van der Waals surface area contributed by atoms with Gasteiger partial charge in [0.25, 0.3) is 0 Å². The van der Waals surface area contributed by atoms with Crippen molar-refractivity contribution in [1.29, 1.82) is 0 Å². The third-order valence-corrected chi connectivity index (χ3v) is 3.73. The van der Waals surface area contributed by atoms with Crippen molar-refractivity contribution in [2.45, 2.75) is 57.5 Å². The van der Waals surface area contributed by atoms with Gasteiger partial charge in [0.05, 0.1) is 6.42 Å². The minimum atomic E-state index is -4.12. The monoisotopic (exact) mass is 421 g/mol. The molecule has 0 aromatic carbocycles. The van der Waals surface area contributed by atoms with Gasteiger partial charge in [-0.2, -0.15) is 13.2 Å². The van der Waals surface area contributed by atoms with Gasteiger partial charge in [-0.05, 0) is 18.8 Å². The molecule has 0 aliphatic heterocycles. The SMILES string of the molecule is CN=C(NCCCC1CCCCC1)NCCC(F)(F)F.I. The number of nitrogens with zero attached hydrogens (tertiary/aromatic N) is 1. The van der Waals surface area contributed by atoms with Crippen LogP contribution in [0.3, 0.4) is 0 Å². The molecule has 3 nitrogen and oxygen atoms in total. The first-order valence-corrected chi connectivity index (χ1v) is 7.52. The Balaban J connectivity index is 0.00000400. The van der Waals surface area contributed by atoms with Crippen LogP contribution in [-0.4, -0.2) is 32.3 Å². The van der Waals surface area contributed by atoms with Crippen molar-refractivity contribution in [2.75, 3.05) is 20.1 Å². The Bertz CT molecular complexity index is 290. The molecular formula is C14H27F3IN3. The van der Waals surface area contributed by atoms with Gasteiger partial charge in [-0.25, -0.2) is 0 Å². The molecule has 1 aliphatic carbocycles.